The standard InChI is InChI=1S/C13H15FN2O/c14-12-4-1-8(7-15-12)13(17)9-5-10-2-3-11(6-9)16-10/h1,4,7,9-11,16H,2-3,5-6H2. The molecular weight excluding hydrogens is 219 g/mol. The third-order valence-electron chi connectivity index (χ3n) is 3.86. The second kappa shape index (κ2) is 4.18. The molecule has 0 aliphatic carbocycles. The van der Waals surface area contributed by atoms with Gasteiger partial charge in [0, 0.05) is 29.8 Å². The van der Waals surface area contributed by atoms with Crippen molar-refractivity contribution in [2.45, 2.75) is 37.8 Å². The number of piperidine rings is 1. The maximum atomic E-state index is 12.7. The third-order valence-corrected chi connectivity index (χ3v) is 3.86. The lowest BCUT2D eigenvalue weighted by atomic mass is 9.86. The molecule has 90 valence electrons. The Morgan fingerprint density at radius 3 is 2.59 bits per heavy atom. The number of Topliss-reactive ketones (excluding diaryl/α,β-unsaturated/α-hetero) is 1. The van der Waals surface area contributed by atoms with E-state index in [9.17, 15) is 9.18 Å². The van der Waals surface area contributed by atoms with Gasteiger partial charge in [-0.25, -0.2) is 4.98 Å². The number of rotatable bonds is 2. The molecular formula is C13H15FN2O. The van der Waals surface area contributed by atoms with Gasteiger partial charge in [-0.3, -0.25) is 4.79 Å². The van der Waals surface area contributed by atoms with Gasteiger partial charge in [0.25, 0.3) is 0 Å². The van der Waals surface area contributed by atoms with Gasteiger partial charge in [-0.2, -0.15) is 4.39 Å². The lowest BCUT2D eigenvalue weighted by Crippen LogP contribution is -2.40. The number of carbonyl (C=O) groups is 1. The van der Waals surface area contributed by atoms with E-state index in [-0.39, 0.29) is 11.7 Å². The molecule has 0 aromatic carbocycles. The SMILES string of the molecule is O=C(c1ccc(F)nc1)C1CC2CCC(C1)N2. The maximum Gasteiger partial charge on any atom is 0.212 e. The number of ketones is 1. The van der Waals surface area contributed by atoms with Crippen LogP contribution in [0.4, 0.5) is 4.39 Å². The molecule has 1 N–H and O–H groups in total. The van der Waals surface area contributed by atoms with E-state index >= 15 is 0 Å². The highest BCUT2D eigenvalue weighted by Crippen LogP contribution is 2.32. The van der Waals surface area contributed by atoms with Gasteiger partial charge in [0.2, 0.25) is 5.95 Å². The quantitative estimate of drug-likeness (QED) is 0.628. The van der Waals surface area contributed by atoms with Crippen molar-refractivity contribution in [2.24, 2.45) is 5.92 Å². The van der Waals surface area contributed by atoms with Crippen molar-refractivity contribution in [3.63, 3.8) is 0 Å². The predicted molar refractivity (Wildman–Crippen MR) is 61.2 cm³/mol. The molecule has 2 bridgehead atoms. The number of hydrogen-bond donors (Lipinski definition) is 1. The summed E-state index contributed by atoms with van der Waals surface area (Å²) in [6.07, 6.45) is 5.52. The summed E-state index contributed by atoms with van der Waals surface area (Å²) in [5, 5.41) is 3.51. The third kappa shape index (κ3) is 2.09. The van der Waals surface area contributed by atoms with Gasteiger partial charge in [0.1, 0.15) is 0 Å². The van der Waals surface area contributed by atoms with Gasteiger partial charge < -0.3 is 5.32 Å². The van der Waals surface area contributed by atoms with Gasteiger partial charge in [0.15, 0.2) is 5.78 Å². The van der Waals surface area contributed by atoms with Crippen LogP contribution in [0, 0.1) is 11.9 Å². The van der Waals surface area contributed by atoms with E-state index in [4.69, 9.17) is 0 Å². The fourth-order valence-corrected chi connectivity index (χ4v) is 3.03. The molecule has 0 radical (unpaired) electrons. The van der Waals surface area contributed by atoms with Crippen molar-refractivity contribution in [3.8, 4) is 0 Å². The van der Waals surface area contributed by atoms with Crippen LogP contribution in [-0.2, 0) is 0 Å². The van der Waals surface area contributed by atoms with Crippen LogP contribution < -0.4 is 5.32 Å². The zero-order valence-electron chi connectivity index (χ0n) is 9.53. The number of fused-ring (bicyclic) bond motifs is 2. The molecule has 0 spiro atoms. The Morgan fingerprint density at radius 1 is 1.29 bits per heavy atom. The average Bonchev–Trinajstić information content (AvgIpc) is 2.68. The minimum atomic E-state index is -0.535. The minimum absolute atomic E-state index is 0.0843. The molecule has 2 saturated heterocycles. The first kappa shape index (κ1) is 10.8. The molecule has 0 saturated carbocycles. The Labute approximate surface area is 99.4 Å². The van der Waals surface area contributed by atoms with Crippen molar-refractivity contribution >= 4 is 5.78 Å². The van der Waals surface area contributed by atoms with Crippen molar-refractivity contribution in [3.05, 3.63) is 29.8 Å². The van der Waals surface area contributed by atoms with Crippen LogP contribution in [0.3, 0.4) is 0 Å². The number of carbonyl (C=O) groups excluding carboxylic acids is 1. The van der Waals surface area contributed by atoms with E-state index < -0.39 is 5.95 Å². The molecule has 3 rings (SSSR count). The van der Waals surface area contributed by atoms with Crippen LogP contribution in [0.2, 0.25) is 0 Å². The summed E-state index contributed by atoms with van der Waals surface area (Å²) in [6, 6.07) is 3.78. The molecule has 2 aliphatic rings. The first-order chi connectivity index (χ1) is 8.22. The summed E-state index contributed by atoms with van der Waals surface area (Å²) in [5.41, 5.74) is 0.540. The van der Waals surface area contributed by atoms with Crippen LogP contribution >= 0.6 is 0 Å². The lowest BCUT2D eigenvalue weighted by Gasteiger charge is -2.27. The Balaban J connectivity index is 1.76. The molecule has 2 unspecified atom stereocenters. The van der Waals surface area contributed by atoms with Crippen LogP contribution in [-0.4, -0.2) is 22.9 Å². The van der Waals surface area contributed by atoms with Crippen molar-refractivity contribution in [1.82, 2.24) is 10.3 Å². The Morgan fingerprint density at radius 2 is 2.00 bits per heavy atom. The average molecular weight is 234 g/mol. The molecule has 3 nitrogen and oxygen atoms in total. The second-order valence-corrected chi connectivity index (χ2v) is 5.04. The van der Waals surface area contributed by atoms with Gasteiger partial charge in [-0.15, -0.1) is 0 Å². The van der Waals surface area contributed by atoms with E-state index in [1.54, 1.807) is 0 Å². The van der Waals surface area contributed by atoms with Gasteiger partial charge >= 0.3 is 0 Å². The van der Waals surface area contributed by atoms with Crippen molar-refractivity contribution in [1.29, 1.82) is 0 Å². The van der Waals surface area contributed by atoms with Crippen LogP contribution in [0.5, 0.6) is 0 Å². The zero-order valence-corrected chi connectivity index (χ0v) is 9.53. The number of hydrogen-bond acceptors (Lipinski definition) is 3. The highest BCUT2D eigenvalue weighted by atomic mass is 19.1. The summed E-state index contributed by atoms with van der Waals surface area (Å²) in [5.74, 6) is -0.330. The topological polar surface area (TPSA) is 42.0 Å². The summed E-state index contributed by atoms with van der Waals surface area (Å²) >= 11 is 0. The van der Waals surface area contributed by atoms with Gasteiger partial charge in [-0.05, 0) is 37.8 Å². The van der Waals surface area contributed by atoms with Crippen molar-refractivity contribution < 1.29 is 9.18 Å². The van der Waals surface area contributed by atoms with Crippen molar-refractivity contribution in [2.75, 3.05) is 0 Å². The van der Waals surface area contributed by atoms with E-state index in [1.807, 2.05) is 0 Å². The van der Waals surface area contributed by atoms with E-state index in [0.717, 1.165) is 12.8 Å². The molecule has 1 aromatic heterocycles. The number of nitrogens with one attached hydrogen (secondary N) is 1. The first-order valence-electron chi connectivity index (χ1n) is 6.14. The number of nitrogens with zero attached hydrogens (tertiary/aromatic N) is 1. The number of halogens is 1. The van der Waals surface area contributed by atoms with Gasteiger partial charge in [-0.1, -0.05) is 0 Å². The van der Waals surface area contributed by atoms with E-state index in [0.29, 0.717) is 17.6 Å². The van der Waals surface area contributed by atoms with Crippen LogP contribution in [0.1, 0.15) is 36.0 Å². The lowest BCUT2D eigenvalue weighted by molar-refractivity contribution is 0.0875. The monoisotopic (exact) mass is 234 g/mol. The molecule has 17 heavy (non-hydrogen) atoms. The minimum Gasteiger partial charge on any atom is -0.311 e. The molecule has 2 aliphatic heterocycles. The Hall–Kier alpha value is -1.29. The first-order valence-corrected chi connectivity index (χ1v) is 6.14. The molecule has 4 heteroatoms. The largest absolute Gasteiger partial charge is 0.311 e. The van der Waals surface area contributed by atoms with E-state index in [1.165, 1.54) is 31.2 Å². The maximum absolute atomic E-state index is 12.7. The number of pyridine rings is 1. The summed E-state index contributed by atoms with van der Waals surface area (Å²) in [4.78, 5) is 15.8. The fourth-order valence-electron chi connectivity index (χ4n) is 3.03. The summed E-state index contributed by atoms with van der Waals surface area (Å²) in [7, 11) is 0. The molecule has 2 fully saturated rings. The Kier molecular flexibility index (Phi) is 2.67. The summed E-state index contributed by atoms with van der Waals surface area (Å²) in [6.45, 7) is 0. The van der Waals surface area contributed by atoms with Crippen LogP contribution in [0.25, 0.3) is 0 Å². The highest BCUT2D eigenvalue weighted by molar-refractivity contribution is 5.97. The van der Waals surface area contributed by atoms with E-state index in [2.05, 4.69) is 10.3 Å². The predicted octanol–water partition coefficient (Wildman–Crippen LogP) is 1.93. The van der Waals surface area contributed by atoms with Crippen LogP contribution in [0.15, 0.2) is 18.3 Å². The molecule has 2 atom stereocenters. The molecule has 1 aromatic rings. The Bertz CT molecular complexity index is 420. The molecule has 3 heterocycles. The normalized spacial score (nSPS) is 31.5. The van der Waals surface area contributed by atoms with Gasteiger partial charge in [0.05, 0.1) is 0 Å². The second-order valence-electron chi connectivity index (χ2n) is 5.04. The number of aromatic nitrogens is 1. The molecule has 0 amide bonds. The fraction of sp³-hybridized carbons (Fsp3) is 0.538. The smallest absolute Gasteiger partial charge is 0.212 e. The zero-order chi connectivity index (χ0) is 11.8. The summed E-state index contributed by atoms with van der Waals surface area (Å²) < 4.78 is 12.7. The highest BCUT2D eigenvalue weighted by Gasteiger charge is 2.36.